The van der Waals surface area contributed by atoms with Gasteiger partial charge in [-0.1, -0.05) is 12.1 Å². The third-order valence-corrected chi connectivity index (χ3v) is 9.14. The van der Waals surface area contributed by atoms with Crippen LogP contribution in [0.1, 0.15) is 76.8 Å². The van der Waals surface area contributed by atoms with Crippen molar-refractivity contribution in [2.24, 2.45) is 11.8 Å². The highest BCUT2D eigenvalue weighted by atomic mass is 19.3. The topological polar surface area (TPSA) is 143 Å². The van der Waals surface area contributed by atoms with Crippen molar-refractivity contribution in [2.75, 3.05) is 6.54 Å². The Morgan fingerprint density at radius 2 is 1.92 bits per heavy atom. The maximum atomic E-state index is 14.7. The number of hydrogen-bond acceptors (Lipinski definition) is 7. The smallest absolute Gasteiger partial charge is 0.410 e. The lowest BCUT2D eigenvalue weighted by molar-refractivity contribution is -0.159. The van der Waals surface area contributed by atoms with Gasteiger partial charge in [0.15, 0.2) is 0 Å². The van der Waals surface area contributed by atoms with Crippen LogP contribution in [0.3, 0.4) is 0 Å². The molecule has 4 aliphatic rings. The lowest BCUT2D eigenvalue weighted by Crippen LogP contribution is -2.53. The summed E-state index contributed by atoms with van der Waals surface area (Å²) in [4.78, 5) is 68.6. The minimum atomic E-state index is -3.15. The molecule has 5 rings (SSSR count). The van der Waals surface area contributed by atoms with Gasteiger partial charge in [-0.15, -0.1) is 5.73 Å². The van der Waals surface area contributed by atoms with Crippen LogP contribution >= 0.6 is 0 Å². The lowest BCUT2D eigenvalue weighted by Gasteiger charge is -2.29. The number of carboxylic acid groups (broad SMARTS) is 1. The summed E-state index contributed by atoms with van der Waals surface area (Å²) in [6.07, 6.45) is -1.50. The second kappa shape index (κ2) is 13.3. The molecule has 260 valence electrons. The molecule has 0 aromatic heterocycles. The number of nitrogens with one attached hydrogen (secondary N) is 1. The van der Waals surface area contributed by atoms with Crippen LogP contribution in [0, 0.1) is 17.7 Å². The Labute approximate surface area is 276 Å². The van der Waals surface area contributed by atoms with Crippen LogP contribution in [0.15, 0.2) is 36.1 Å². The van der Waals surface area contributed by atoms with Crippen LogP contribution in [0.4, 0.5) is 18.0 Å². The summed E-state index contributed by atoms with van der Waals surface area (Å²) in [5.74, 6) is -9.06. The minimum absolute atomic E-state index is 0.0161. The number of esters is 1. The fraction of sp³-hybridized carbons (Fsp3) is 0.588. The molecule has 0 radical (unpaired) electrons. The van der Waals surface area contributed by atoms with E-state index >= 15 is 0 Å². The number of carbonyl (C=O) groups excluding carboxylic acids is 4. The van der Waals surface area contributed by atoms with Gasteiger partial charge in [-0.2, -0.15) is 0 Å². The summed E-state index contributed by atoms with van der Waals surface area (Å²) in [6, 6.07) is 3.22. The number of carboxylic acids is 1. The second-order valence-corrected chi connectivity index (χ2v) is 14.0. The van der Waals surface area contributed by atoms with Crippen LogP contribution in [0.25, 0.3) is 0 Å². The van der Waals surface area contributed by atoms with E-state index in [1.54, 1.807) is 26.8 Å². The highest BCUT2D eigenvalue weighted by Gasteiger charge is 2.61. The van der Waals surface area contributed by atoms with Crippen LogP contribution in [0.5, 0.6) is 0 Å². The third kappa shape index (κ3) is 7.86. The average Bonchev–Trinajstić information content (AvgIpc) is 3.29. The van der Waals surface area contributed by atoms with Crippen LogP contribution in [0.2, 0.25) is 0 Å². The van der Waals surface area contributed by atoms with Gasteiger partial charge in [-0.05, 0) is 63.8 Å². The molecule has 1 aromatic rings. The maximum Gasteiger partial charge on any atom is 0.410 e. The van der Waals surface area contributed by atoms with E-state index in [9.17, 15) is 42.3 Å². The van der Waals surface area contributed by atoms with Gasteiger partial charge < -0.3 is 24.8 Å². The zero-order valence-corrected chi connectivity index (χ0v) is 27.1. The number of fused-ring (bicyclic) bond motifs is 3. The van der Waals surface area contributed by atoms with Crippen molar-refractivity contribution in [3.63, 3.8) is 0 Å². The maximum absolute atomic E-state index is 14.7. The molecule has 1 saturated carbocycles. The molecular weight excluding hydrogens is 635 g/mol. The molecule has 11 nitrogen and oxygen atoms in total. The number of rotatable bonds is 4. The van der Waals surface area contributed by atoms with E-state index in [1.807, 2.05) is 0 Å². The van der Waals surface area contributed by atoms with Gasteiger partial charge >= 0.3 is 18.0 Å². The first kappa shape index (κ1) is 35.0. The van der Waals surface area contributed by atoms with Crippen molar-refractivity contribution in [2.45, 2.75) is 108 Å². The molecule has 1 saturated heterocycles. The van der Waals surface area contributed by atoms with Gasteiger partial charge in [0.2, 0.25) is 11.8 Å². The zero-order chi connectivity index (χ0) is 35.0. The van der Waals surface area contributed by atoms with Crippen LogP contribution < -0.4 is 5.32 Å². The number of amides is 3. The molecule has 2 fully saturated rings. The summed E-state index contributed by atoms with van der Waals surface area (Å²) in [5, 5.41) is 12.6. The summed E-state index contributed by atoms with van der Waals surface area (Å²) in [5.41, 5.74) is 0.987. The summed E-state index contributed by atoms with van der Waals surface area (Å²) in [7, 11) is 0. The Kier molecular flexibility index (Phi) is 9.69. The molecule has 1 aliphatic carbocycles. The number of benzene rings is 1. The summed E-state index contributed by atoms with van der Waals surface area (Å²) in [6.45, 7) is 4.72. The molecule has 0 unspecified atom stereocenters. The number of aliphatic carboxylic acids is 1. The van der Waals surface area contributed by atoms with E-state index in [-0.39, 0.29) is 45.3 Å². The molecule has 0 spiro atoms. The zero-order valence-electron chi connectivity index (χ0n) is 27.1. The Morgan fingerprint density at radius 1 is 1.17 bits per heavy atom. The average molecular weight is 676 g/mol. The van der Waals surface area contributed by atoms with E-state index in [4.69, 9.17) is 9.47 Å². The molecule has 2 N–H and O–H groups in total. The Balaban J connectivity index is 1.41. The second-order valence-electron chi connectivity index (χ2n) is 14.0. The van der Waals surface area contributed by atoms with Crippen molar-refractivity contribution in [3.8, 4) is 0 Å². The number of carbonyl (C=O) groups is 5. The van der Waals surface area contributed by atoms with Crippen molar-refractivity contribution in [3.05, 3.63) is 53.0 Å². The predicted octanol–water partition coefficient (Wildman–Crippen LogP) is 4.48. The van der Waals surface area contributed by atoms with Gasteiger partial charge in [-0.3, -0.25) is 19.3 Å². The van der Waals surface area contributed by atoms with Gasteiger partial charge in [0.1, 0.15) is 29.1 Å². The van der Waals surface area contributed by atoms with Gasteiger partial charge in [0.25, 0.3) is 5.92 Å². The largest absolute Gasteiger partial charge is 0.479 e. The first-order valence-electron chi connectivity index (χ1n) is 16.1. The molecule has 3 amide bonds. The van der Waals surface area contributed by atoms with E-state index in [0.717, 1.165) is 11.0 Å². The number of hydrogen-bond donors (Lipinski definition) is 2. The summed E-state index contributed by atoms with van der Waals surface area (Å²) >= 11 is 0. The van der Waals surface area contributed by atoms with E-state index in [0.29, 0.717) is 11.1 Å². The predicted molar refractivity (Wildman–Crippen MR) is 163 cm³/mol. The highest BCUT2D eigenvalue weighted by Crippen LogP contribution is 2.45. The monoisotopic (exact) mass is 675 g/mol. The number of alkyl halides is 2. The number of ether oxygens (including phenoxy) is 2. The fourth-order valence-corrected chi connectivity index (χ4v) is 6.57. The van der Waals surface area contributed by atoms with Gasteiger partial charge in [0, 0.05) is 43.2 Å². The molecule has 14 heteroatoms. The normalized spacial score (nSPS) is 28.6. The Morgan fingerprint density at radius 3 is 2.60 bits per heavy atom. The van der Waals surface area contributed by atoms with Crippen molar-refractivity contribution < 1.29 is 51.7 Å². The third-order valence-electron chi connectivity index (χ3n) is 9.14. The molecule has 3 heterocycles. The highest BCUT2D eigenvalue weighted by molar-refractivity contribution is 5.95. The molecule has 1 aromatic carbocycles. The minimum Gasteiger partial charge on any atom is -0.479 e. The van der Waals surface area contributed by atoms with Gasteiger partial charge in [-0.25, -0.2) is 22.8 Å². The first-order valence-corrected chi connectivity index (χ1v) is 16.1. The standard InChI is InChI=1S/C34H40F3N3O8/c1-32(2,3)48-27(41)14-20-9-7-13-33(36,37)12-5-4-10-22-16-34(22,30(44)45)38-28(42)26-15-23(18-40(26)29(20)43)47-31(46)39-17-21-8-6-11-25(35)24(21)19-39/h5-6,8,10-11,20,22-23,26H,7,9,12-19H2,1-3H3,(H,38,42)(H,44,45)/t4?,20-,22-,23-,26+,34-/m1/s1. The SMILES string of the molecule is CC(C)(C)OC(=O)C[C@H]1CCCC(F)(F)CC=C=C[C@@H]2C[C@@]2(C(=O)O)NC(=O)[C@@H]2C[C@@H](OC(=O)N3Cc4cccc(F)c4C3)CN2C1=O. The Hall–Kier alpha value is -4.32. The van der Waals surface area contributed by atoms with Crippen LogP contribution in [-0.4, -0.2) is 80.5 Å². The Bertz CT molecular complexity index is 1550. The van der Waals surface area contributed by atoms with Crippen molar-refractivity contribution in [1.29, 1.82) is 0 Å². The first-order chi connectivity index (χ1) is 22.5. The number of halogens is 3. The molecule has 48 heavy (non-hydrogen) atoms. The van der Waals surface area contributed by atoms with Crippen LogP contribution in [-0.2, 0) is 41.7 Å². The van der Waals surface area contributed by atoms with E-state index in [1.165, 1.54) is 23.1 Å². The van der Waals surface area contributed by atoms with Crippen molar-refractivity contribution >= 4 is 29.8 Å². The van der Waals surface area contributed by atoms with Gasteiger partial charge in [0.05, 0.1) is 19.5 Å². The lowest BCUT2D eigenvalue weighted by atomic mass is 9.94. The molecular formula is C34H40F3N3O8. The summed E-state index contributed by atoms with van der Waals surface area (Å²) < 4.78 is 54.9. The van der Waals surface area contributed by atoms with Crippen molar-refractivity contribution in [1.82, 2.24) is 15.1 Å². The number of nitrogens with zero attached hydrogens (tertiary/aromatic N) is 2. The molecule has 0 bridgehead atoms. The van der Waals surface area contributed by atoms with E-state index < -0.39 is 96.0 Å². The molecule has 3 aliphatic heterocycles. The van der Waals surface area contributed by atoms with E-state index in [2.05, 4.69) is 11.0 Å². The fourth-order valence-electron chi connectivity index (χ4n) is 6.57. The quantitative estimate of drug-likeness (QED) is 0.352. The molecule has 5 atom stereocenters.